The number of anilines is 1. The Morgan fingerprint density at radius 3 is 2.70 bits per heavy atom. The van der Waals surface area contributed by atoms with Crippen LogP contribution < -0.4 is 10.6 Å². The second-order valence-corrected chi connectivity index (χ2v) is 4.82. The van der Waals surface area contributed by atoms with E-state index in [0.717, 1.165) is 25.9 Å². The summed E-state index contributed by atoms with van der Waals surface area (Å²) in [6.07, 6.45) is -2.24. The van der Waals surface area contributed by atoms with Crippen molar-refractivity contribution in [3.8, 4) is 0 Å². The molecule has 0 radical (unpaired) electrons. The first kappa shape index (κ1) is 15.0. The van der Waals surface area contributed by atoms with Crippen molar-refractivity contribution >= 4 is 5.95 Å². The number of hydrogen-bond donors (Lipinski definition) is 2. The lowest BCUT2D eigenvalue weighted by Crippen LogP contribution is -2.40. The van der Waals surface area contributed by atoms with E-state index in [4.69, 9.17) is 5.73 Å². The molecule has 1 aromatic heterocycles. The van der Waals surface area contributed by atoms with Crippen LogP contribution in [0.2, 0.25) is 0 Å². The van der Waals surface area contributed by atoms with E-state index in [2.05, 4.69) is 19.9 Å². The van der Waals surface area contributed by atoms with Gasteiger partial charge in [0.15, 0.2) is 0 Å². The lowest BCUT2D eigenvalue weighted by molar-refractivity contribution is -0.173. The molecule has 1 saturated heterocycles. The highest BCUT2D eigenvalue weighted by Crippen LogP contribution is 2.16. The van der Waals surface area contributed by atoms with Crippen molar-refractivity contribution in [1.29, 1.82) is 0 Å². The van der Waals surface area contributed by atoms with Crippen LogP contribution >= 0.6 is 0 Å². The molecule has 0 aromatic carbocycles. The number of ether oxygens (including phenoxy) is 1. The van der Waals surface area contributed by atoms with Crippen molar-refractivity contribution in [2.24, 2.45) is 5.73 Å². The van der Waals surface area contributed by atoms with Gasteiger partial charge in [-0.2, -0.15) is 18.2 Å². The average molecular weight is 293 g/mol. The third-order valence-electron chi connectivity index (χ3n) is 3.09. The first-order valence-corrected chi connectivity index (χ1v) is 6.50. The van der Waals surface area contributed by atoms with Crippen LogP contribution in [0.5, 0.6) is 0 Å². The molecule has 0 bridgehead atoms. The third-order valence-corrected chi connectivity index (χ3v) is 3.09. The Hall–Kier alpha value is -1.35. The van der Waals surface area contributed by atoms with Crippen LogP contribution in [0.3, 0.4) is 0 Å². The third kappa shape index (κ3) is 4.64. The van der Waals surface area contributed by atoms with Gasteiger partial charge in [0.25, 0.3) is 0 Å². The second-order valence-electron chi connectivity index (χ2n) is 4.82. The van der Waals surface area contributed by atoms with Crippen molar-refractivity contribution in [3.05, 3.63) is 5.82 Å². The van der Waals surface area contributed by atoms with Gasteiger partial charge in [-0.1, -0.05) is 0 Å². The molecule has 3 N–H and O–H groups in total. The SMILES string of the molecule is NC1CCN(c2n[nH]c(CCOCC(F)(F)F)n2)CC1. The minimum Gasteiger partial charge on any atom is -0.372 e. The molecular weight excluding hydrogens is 275 g/mol. The molecule has 0 amide bonds. The van der Waals surface area contributed by atoms with Crippen LogP contribution in [0.1, 0.15) is 18.7 Å². The number of nitrogens with two attached hydrogens (primary N) is 1. The van der Waals surface area contributed by atoms with Crippen LogP contribution in [-0.4, -0.2) is 53.7 Å². The summed E-state index contributed by atoms with van der Waals surface area (Å²) in [6.45, 7) is 0.309. The molecule has 114 valence electrons. The molecule has 0 spiro atoms. The maximum atomic E-state index is 11.9. The van der Waals surface area contributed by atoms with E-state index in [1.54, 1.807) is 0 Å². The van der Waals surface area contributed by atoms with Crippen LogP contribution in [-0.2, 0) is 11.2 Å². The zero-order chi connectivity index (χ0) is 14.6. The number of nitrogens with zero attached hydrogens (tertiary/aromatic N) is 3. The zero-order valence-corrected chi connectivity index (χ0v) is 11.0. The minimum absolute atomic E-state index is 0.0426. The molecule has 0 aliphatic carbocycles. The number of halogens is 3. The van der Waals surface area contributed by atoms with E-state index in [-0.39, 0.29) is 19.1 Å². The highest BCUT2D eigenvalue weighted by Gasteiger charge is 2.27. The van der Waals surface area contributed by atoms with E-state index < -0.39 is 12.8 Å². The maximum absolute atomic E-state index is 11.9. The second kappa shape index (κ2) is 6.40. The van der Waals surface area contributed by atoms with E-state index >= 15 is 0 Å². The van der Waals surface area contributed by atoms with E-state index in [1.807, 2.05) is 4.90 Å². The fourth-order valence-electron chi connectivity index (χ4n) is 1.99. The monoisotopic (exact) mass is 293 g/mol. The predicted octanol–water partition coefficient (Wildman–Crippen LogP) is 0.854. The molecule has 1 aliphatic rings. The highest BCUT2D eigenvalue weighted by molar-refractivity contribution is 5.29. The Labute approximate surface area is 114 Å². The number of rotatable bonds is 5. The Bertz CT molecular complexity index is 414. The molecule has 0 atom stereocenters. The maximum Gasteiger partial charge on any atom is 0.411 e. The predicted molar refractivity (Wildman–Crippen MR) is 66.4 cm³/mol. The standard InChI is InChI=1S/C11H18F3N5O/c12-11(13,14)7-20-6-3-9-16-10(18-17-9)19-4-1-8(15)2-5-19/h8H,1-7,15H2,(H,16,17,18). The first-order valence-electron chi connectivity index (χ1n) is 6.50. The smallest absolute Gasteiger partial charge is 0.372 e. The summed E-state index contributed by atoms with van der Waals surface area (Å²) >= 11 is 0. The summed E-state index contributed by atoms with van der Waals surface area (Å²) in [5.41, 5.74) is 5.81. The summed E-state index contributed by atoms with van der Waals surface area (Å²) in [6, 6.07) is 0.223. The largest absolute Gasteiger partial charge is 0.411 e. The van der Waals surface area contributed by atoms with Crippen LogP contribution in [0.15, 0.2) is 0 Å². The quantitative estimate of drug-likeness (QED) is 0.787. The molecule has 2 heterocycles. The van der Waals surface area contributed by atoms with Crippen molar-refractivity contribution in [1.82, 2.24) is 15.2 Å². The Kier molecular flexibility index (Phi) is 4.81. The minimum atomic E-state index is -4.29. The number of piperidine rings is 1. The van der Waals surface area contributed by atoms with Crippen molar-refractivity contribution < 1.29 is 17.9 Å². The van der Waals surface area contributed by atoms with Crippen molar-refractivity contribution in [2.75, 3.05) is 31.2 Å². The topological polar surface area (TPSA) is 80.1 Å². The van der Waals surface area contributed by atoms with Crippen LogP contribution in [0.25, 0.3) is 0 Å². The molecule has 0 saturated carbocycles. The van der Waals surface area contributed by atoms with E-state index in [0.29, 0.717) is 11.8 Å². The van der Waals surface area contributed by atoms with Gasteiger partial charge in [-0.25, -0.2) is 0 Å². The van der Waals surface area contributed by atoms with Gasteiger partial charge < -0.3 is 15.4 Å². The van der Waals surface area contributed by atoms with Crippen LogP contribution in [0.4, 0.5) is 19.1 Å². The summed E-state index contributed by atoms with van der Waals surface area (Å²) in [4.78, 5) is 6.26. The zero-order valence-electron chi connectivity index (χ0n) is 11.0. The average Bonchev–Trinajstić information content (AvgIpc) is 2.83. The number of alkyl halides is 3. The van der Waals surface area contributed by atoms with Gasteiger partial charge in [0, 0.05) is 25.6 Å². The van der Waals surface area contributed by atoms with Crippen LogP contribution in [0, 0.1) is 0 Å². The number of nitrogens with one attached hydrogen (secondary N) is 1. The van der Waals surface area contributed by atoms with Gasteiger partial charge in [0.05, 0.1) is 6.61 Å². The first-order chi connectivity index (χ1) is 9.44. The Balaban J connectivity index is 1.75. The molecule has 1 aliphatic heterocycles. The number of hydrogen-bond acceptors (Lipinski definition) is 5. The van der Waals surface area contributed by atoms with Gasteiger partial charge in [0.1, 0.15) is 12.4 Å². The van der Waals surface area contributed by atoms with E-state index in [1.165, 1.54) is 0 Å². The molecular formula is C11H18F3N5O. The molecule has 6 nitrogen and oxygen atoms in total. The molecule has 2 rings (SSSR count). The molecule has 0 unspecified atom stereocenters. The normalized spacial score (nSPS) is 17.7. The molecule has 20 heavy (non-hydrogen) atoms. The van der Waals surface area contributed by atoms with Gasteiger partial charge in [-0.3, -0.25) is 5.10 Å². The molecule has 1 aromatic rings. The van der Waals surface area contributed by atoms with Gasteiger partial charge >= 0.3 is 6.18 Å². The summed E-state index contributed by atoms with van der Waals surface area (Å²) in [5, 5.41) is 6.78. The van der Waals surface area contributed by atoms with E-state index in [9.17, 15) is 13.2 Å². The summed E-state index contributed by atoms with van der Waals surface area (Å²) in [7, 11) is 0. The van der Waals surface area contributed by atoms with Crippen molar-refractivity contribution in [2.45, 2.75) is 31.5 Å². The summed E-state index contributed by atoms with van der Waals surface area (Å²) < 4.78 is 40.2. The lowest BCUT2D eigenvalue weighted by atomic mass is 10.1. The fraction of sp³-hybridized carbons (Fsp3) is 0.818. The number of aromatic nitrogens is 3. The lowest BCUT2D eigenvalue weighted by Gasteiger charge is -2.28. The molecule has 9 heteroatoms. The van der Waals surface area contributed by atoms with Gasteiger partial charge in [0.2, 0.25) is 5.95 Å². The summed E-state index contributed by atoms with van der Waals surface area (Å²) in [5.74, 6) is 1.10. The highest BCUT2D eigenvalue weighted by atomic mass is 19.4. The number of aromatic amines is 1. The van der Waals surface area contributed by atoms with Gasteiger partial charge in [-0.15, -0.1) is 5.10 Å². The van der Waals surface area contributed by atoms with Gasteiger partial charge in [-0.05, 0) is 12.8 Å². The Morgan fingerprint density at radius 2 is 2.05 bits per heavy atom. The Morgan fingerprint density at radius 1 is 1.35 bits per heavy atom. The number of H-pyrrole nitrogens is 1. The van der Waals surface area contributed by atoms with Crippen molar-refractivity contribution in [3.63, 3.8) is 0 Å². The molecule has 1 fully saturated rings. The fourth-order valence-corrected chi connectivity index (χ4v) is 1.99.